The van der Waals surface area contributed by atoms with Crippen LogP contribution in [0.4, 0.5) is 5.69 Å². The maximum Gasteiger partial charge on any atom is 0.190 e. The van der Waals surface area contributed by atoms with Gasteiger partial charge in [0, 0.05) is 24.7 Å². The summed E-state index contributed by atoms with van der Waals surface area (Å²) < 4.78 is 10.7. The van der Waals surface area contributed by atoms with Gasteiger partial charge in [-0.3, -0.25) is 0 Å². The van der Waals surface area contributed by atoms with Gasteiger partial charge in [0.05, 0.1) is 13.3 Å². The number of rotatable bonds is 3. The Bertz CT molecular complexity index is 574. The van der Waals surface area contributed by atoms with Crippen molar-refractivity contribution < 1.29 is 9.26 Å². The van der Waals surface area contributed by atoms with Crippen LogP contribution >= 0.6 is 0 Å². The van der Waals surface area contributed by atoms with E-state index in [4.69, 9.17) is 15.0 Å². The van der Waals surface area contributed by atoms with Crippen molar-refractivity contribution in [2.45, 2.75) is 18.9 Å². The van der Waals surface area contributed by atoms with Gasteiger partial charge >= 0.3 is 0 Å². The Balaban J connectivity index is 1.89. The van der Waals surface area contributed by atoms with Crippen LogP contribution in [0.2, 0.25) is 0 Å². The van der Waals surface area contributed by atoms with Crippen LogP contribution in [0, 0.1) is 0 Å². The summed E-state index contributed by atoms with van der Waals surface area (Å²) in [5.41, 5.74) is 7.97. The number of nitrogens with two attached hydrogens (primary N) is 1. The molecule has 2 heterocycles. The zero-order chi connectivity index (χ0) is 13.9. The second kappa shape index (κ2) is 5.54. The lowest BCUT2D eigenvalue weighted by Gasteiger charge is -2.31. The molecule has 5 heteroatoms. The van der Waals surface area contributed by atoms with Gasteiger partial charge in [0.2, 0.25) is 0 Å². The van der Waals surface area contributed by atoms with Crippen LogP contribution in [0.3, 0.4) is 0 Å². The number of ether oxygens (including phenoxy) is 1. The zero-order valence-electron chi connectivity index (χ0n) is 11.6. The van der Waals surface area contributed by atoms with Crippen LogP contribution in [0.1, 0.15) is 12.8 Å². The molecule has 0 saturated carbocycles. The number of hydrogen-bond acceptors (Lipinski definition) is 5. The molecular weight excluding hydrogens is 254 g/mol. The van der Waals surface area contributed by atoms with E-state index in [1.54, 1.807) is 13.3 Å². The fourth-order valence-corrected chi connectivity index (χ4v) is 2.56. The zero-order valence-corrected chi connectivity index (χ0v) is 11.6. The Morgan fingerprint density at radius 1 is 1.35 bits per heavy atom. The molecule has 1 aliphatic heterocycles. The number of hydrogen-bond donors (Lipinski definition) is 1. The molecule has 0 unspecified atom stereocenters. The van der Waals surface area contributed by atoms with Gasteiger partial charge in [-0.1, -0.05) is 17.3 Å². The van der Waals surface area contributed by atoms with E-state index in [0.717, 1.165) is 48.7 Å². The van der Waals surface area contributed by atoms with E-state index < -0.39 is 0 Å². The number of nitrogens with zero attached hydrogens (tertiary/aromatic N) is 2. The van der Waals surface area contributed by atoms with E-state index in [-0.39, 0.29) is 0 Å². The topological polar surface area (TPSA) is 64.5 Å². The third-order valence-electron chi connectivity index (χ3n) is 3.76. The fourth-order valence-electron chi connectivity index (χ4n) is 2.56. The first kappa shape index (κ1) is 13.0. The molecule has 1 aromatic heterocycles. The lowest BCUT2D eigenvalue weighted by atomic mass is 10.0. The Labute approximate surface area is 118 Å². The standard InChI is InChI=1S/C15H19N3O2/c1-19-13-4-2-3-11(9-13)15-14(10-17-20-15)18-7-5-12(16)6-8-18/h2-4,9-10,12H,5-8,16H2,1H3. The van der Waals surface area contributed by atoms with Gasteiger partial charge in [-0.25, -0.2) is 0 Å². The SMILES string of the molecule is COc1cccc(-c2oncc2N2CCC(N)CC2)c1. The minimum atomic E-state index is 0.311. The fraction of sp³-hybridized carbons (Fsp3) is 0.400. The van der Waals surface area contributed by atoms with Gasteiger partial charge in [0.25, 0.3) is 0 Å². The molecule has 0 spiro atoms. The minimum absolute atomic E-state index is 0.311. The monoisotopic (exact) mass is 273 g/mol. The van der Waals surface area contributed by atoms with E-state index >= 15 is 0 Å². The summed E-state index contributed by atoms with van der Waals surface area (Å²) in [6, 6.07) is 8.14. The highest BCUT2D eigenvalue weighted by Crippen LogP contribution is 2.33. The molecule has 2 N–H and O–H groups in total. The van der Waals surface area contributed by atoms with Gasteiger partial charge in [0.1, 0.15) is 11.4 Å². The van der Waals surface area contributed by atoms with Crippen molar-refractivity contribution >= 4 is 5.69 Å². The summed E-state index contributed by atoms with van der Waals surface area (Å²) in [5, 5.41) is 3.96. The van der Waals surface area contributed by atoms with Crippen LogP contribution < -0.4 is 15.4 Å². The van der Waals surface area contributed by atoms with Crippen molar-refractivity contribution in [3.63, 3.8) is 0 Å². The minimum Gasteiger partial charge on any atom is -0.497 e. The number of aromatic nitrogens is 1. The molecule has 1 aliphatic rings. The van der Waals surface area contributed by atoms with Crippen molar-refractivity contribution in [3.8, 4) is 17.1 Å². The second-order valence-corrected chi connectivity index (χ2v) is 5.10. The van der Waals surface area contributed by atoms with Crippen LogP contribution in [0.25, 0.3) is 11.3 Å². The third-order valence-corrected chi connectivity index (χ3v) is 3.76. The molecule has 106 valence electrons. The molecule has 20 heavy (non-hydrogen) atoms. The van der Waals surface area contributed by atoms with E-state index in [2.05, 4.69) is 10.1 Å². The van der Waals surface area contributed by atoms with Crippen LogP contribution in [0.5, 0.6) is 5.75 Å². The molecule has 1 fully saturated rings. The molecule has 0 aliphatic carbocycles. The Kier molecular flexibility index (Phi) is 3.60. The number of methoxy groups -OCH3 is 1. The van der Waals surface area contributed by atoms with Gasteiger partial charge < -0.3 is 19.9 Å². The average molecular weight is 273 g/mol. The molecule has 0 radical (unpaired) electrons. The van der Waals surface area contributed by atoms with E-state index in [1.807, 2.05) is 24.3 Å². The second-order valence-electron chi connectivity index (χ2n) is 5.10. The van der Waals surface area contributed by atoms with Gasteiger partial charge in [-0.2, -0.15) is 0 Å². The Morgan fingerprint density at radius 2 is 2.15 bits per heavy atom. The van der Waals surface area contributed by atoms with Crippen LogP contribution in [-0.4, -0.2) is 31.4 Å². The summed E-state index contributed by atoms with van der Waals surface area (Å²) in [5.74, 6) is 1.60. The number of piperidine rings is 1. The predicted octanol–water partition coefficient (Wildman–Crippen LogP) is 2.28. The normalized spacial score (nSPS) is 16.4. The van der Waals surface area contributed by atoms with Crippen molar-refractivity contribution in [1.82, 2.24) is 5.16 Å². The highest BCUT2D eigenvalue weighted by molar-refractivity contribution is 5.73. The lowest BCUT2D eigenvalue weighted by Crippen LogP contribution is -2.39. The molecule has 3 rings (SSSR count). The summed E-state index contributed by atoms with van der Waals surface area (Å²) in [6.07, 6.45) is 3.79. The van der Waals surface area contributed by atoms with Gasteiger partial charge in [-0.15, -0.1) is 0 Å². The van der Waals surface area contributed by atoms with Crippen molar-refractivity contribution in [1.29, 1.82) is 0 Å². The first-order valence-corrected chi connectivity index (χ1v) is 6.87. The Hall–Kier alpha value is -2.01. The molecule has 2 aromatic rings. The largest absolute Gasteiger partial charge is 0.497 e. The highest BCUT2D eigenvalue weighted by Gasteiger charge is 2.22. The highest BCUT2D eigenvalue weighted by atomic mass is 16.5. The molecule has 0 bridgehead atoms. The molecule has 1 saturated heterocycles. The number of benzene rings is 1. The first-order valence-electron chi connectivity index (χ1n) is 6.87. The molecule has 0 amide bonds. The average Bonchev–Trinajstić information content (AvgIpc) is 2.97. The molecule has 0 atom stereocenters. The van der Waals surface area contributed by atoms with Gasteiger partial charge in [0.15, 0.2) is 5.76 Å². The smallest absolute Gasteiger partial charge is 0.190 e. The predicted molar refractivity (Wildman–Crippen MR) is 77.9 cm³/mol. The maximum atomic E-state index is 5.96. The van der Waals surface area contributed by atoms with Crippen molar-refractivity contribution in [2.24, 2.45) is 5.73 Å². The van der Waals surface area contributed by atoms with Gasteiger partial charge in [-0.05, 0) is 25.0 Å². The molecule has 5 nitrogen and oxygen atoms in total. The summed E-state index contributed by atoms with van der Waals surface area (Å²) in [7, 11) is 1.66. The maximum absolute atomic E-state index is 5.96. The van der Waals surface area contributed by atoms with E-state index in [9.17, 15) is 0 Å². The van der Waals surface area contributed by atoms with Crippen LogP contribution in [-0.2, 0) is 0 Å². The quantitative estimate of drug-likeness (QED) is 0.929. The third kappa shape index (κ3) is 2.49. The summed E-state index contributed by atoms with van der Waals surface area (Å²) in [4.78, 5) is 2.29. The summed E-state index contributed by atoms with van der Waals surface area (Å²) in [6.45, 7) is 1.89. The molecular formula is C15H19N3O2. The molecule has 1 aromatic carbocycles. The van der Waals surface area contributed by atoms with E-state index in [0.29, 0.717) is 6.04 Å². The van der Waals surface area contributed by atoms with Crippen molar-refractivity contribution in [2.75, 3.05) is 25.1 Å². The number of anilines is 1. The Morgan fingerprint density at radius 3 is 2.90 bits per heavy atom. The van der Waals surface area contributed by atoms with Crippen molar-refractivity contribution in [3.05, 3.63) is 30.5 Å². The van der Waals surface area contributed by atoms with E-state index in [1.165, 1.54) is 0 Å². The van der Waals surface area contributed by atoms with Crippen LogP contribution in [0.15, 0.2) is 35.0 Å². The lowest BCUT2D eigenvalue weighted by molar-refractivity contribution is 0.413. The first-order chi connectivity index (χ1) is 9.78. The summed E-state index contributed by atoms with van der Waals surface area (Å²) >= 11 is 0.